The van der Waals surface area contributed by atoms with Crippen LogP contribution in [0.1, 0.15) is 12.6 Å². The fraction of sp³-hybridized carbons (Fsp3) is 0.214. The Labute approximate surface area is 118 Å². The van der Waals surface area contributed by atoms with Crippen molar-refractivity contribution in [3.63, 3.8) is 0 Å². The summed E-state index contributed by atoms with van der Waals surface area (Å²) in [4.78, 5) is 6.20. The van der Waals surface area contributed by atoms with Gasteiger partial charge in [-0.25, -0.2) is 0 Å². The summed E-state index contributed by atoms with van der Waals surface area (Å²) >= 11 is 5.13. The van der Waals surface area contributed by atoms with E-state index in [1.54, 1.807) is 11.1 Å². The second kappa shape index (κ2) is 5.75. The van der Waals surface area contributed by atoms with E-state index >= 15 is 0 Å². The summed E-state index contributed by atoms with van der Waals surface area (Å²) in [6.07, 6.45) is 1.79. The molecule has 19 heavy (non-hydrogen) atoms. The van der Waals surface area contributed by atoms with Crippen molar-refractivity contribution < 1.29 is 0 Å². The molecule has 0 amide bonds. The summed E-state index contributed by atoms with van der Waals surface area (Å²) in [5, 5.41) is 7.09. The third kappa shape index (κ3) is 3.06. The van der Waals surface area contributed by atoms with E-state index in [-0.39, 0.29) is 0 Å². The number of thiocarbonyl (C=S) groups is 1. The van der Waals surface area contributed by atoms with Gasteiger partial charge in [0.05, 0.1) is 11.4 Å². The standard InChI is InChI=1S/C14H16N4S/c1-10(16-17-14(19)18(2)3)13-12-7-5-4-6-11(12)8-9-15-13/h4-9H,1-3H3,(H,17,19)/b16-10+. The Hall–Kier alpha value is -2.01. The number of pyridine rings is 1. The molecule has 1 heterocycles. The lowest BCUT2D eigenvalue weighted by molar-refractivity contribution is 0.606. The van der Waals surface area contributed by atoms with Crippen molar-refractivity contribution in [3.8, 4) is 0 Å². The van der Waals surface area contributed by atoms with Gasteiger partial charge in [-0.2, -0.15) is 5.10 Å². The van der Waals surface area contributed by atoms with E-state index in [1.807, 2.05) is 45.3 Å². The summed E-state index contributed by atoms with van der Waals surface area (Å²) < 4.78 is 0. The average molecular weight is 272 g/mol. The predicted molar refractivity (Wildman–Crippen MR) is 83.4 cm³/mol. The van der Waals surface area contributed by atoms with Crippen LogP contribution in [-0.4, -0.2) is 34.8 Å². The molecule has 1 aromatic carbocycles. The summed E-state index contributed by atoms with van der Waals surface area (Å²) in [5.74, 6) is 0. The molecule has 0 aliphatic carbocycles. The Morgan fingerprint density at radius 1 is 1.26 bits per heavy atom. The van der Waals surface area contributed by atoms with Gasteiger partial charge in [0.25, 0.3) is 0 Å². The van der Waals surface area contributed by atoms with E-state index in [1.165, 1.54) is 0 Å². The van der Waals surface area contributed by atoms with Gasteiger partial charge in [-0.3, -0.25) is 10.4 Å². The first kappa shape index (κ1) is 13.4. The molecule has 1 N–H and O–H groups in total. The van der Waals surface area contributed by atoms with Crippen LogP contribution in [0.4, 0.5) is 0 Å². The highest BCUT2D eigenvalue weighted by atomic mass is 32.1. The molecule has 0 radical (unpaired) electrons. The normalized spacial score (nSPS) is 11.4. The molecule has 1 aromatic heterocycles. The molecule has 4 nitrogen and oxygen atoms in total. The van der Waals surface area contributed by atoms with Gasteiger partial charge in [0, 0.05) is 25.7 Å². The van der Waals surface area contributed by atoms with Crippen LogP contribution >= 0.6 is 12.2 Å². The van der Waals surface area contributed by atoms with Crippen LogP contribution in [0.3, 0.4) is 0 Å². The van der Waals surface area contributed by atoms with Gasteiger partial charge in [0.2, 0.25) is 0 Å². The summed E-state index contributed by atoms with van der Waals surface area (Å²) in [6.45, 7) is 1.92. The Morgan fingerprint density at radius 2 is 2.00 bits per heavy atom. The first-order valence-corrected chi connectivity index (χ1v) is 6.36. The van der Waals surface area contributed by atoms with Crippen LogP contribution in [0.25, 0.3) is 10.8 Å². The fourth-order valence-corrected chi connectivity index (χ4v) is 1.74. The molecule has 0 fully saturated rings. The highest BCUT2D eigenvalue weighted by Crippen LogP contribution is 2.16. The summed E-state index contributed by atoms with van der Waals surface area (Å²) in [5.41, 5.74) is 4.52. The zero-order valence-corrected chi connectivity index (χ0v) is 12.0. The highest BCUT2D eigenvalue weighted by Gasteiger charge is 2.05. The van der Waals surface area contributed by atoms with E-state index in [2.05, 4.69) is 21.6 Å². The highest BCUT2D eigenvalue weighted by molar-refractivity contribution is 7.80. The van der Waals surface area contributed by atoms with Gasteiger partial charge in [0.1, 0.15) is 0 Å². The van der Waals surface area contributed by atoms with Crippen molar-refractivity contribution >= 4 is 33.8 Å². The molecule has 0 aliphatic rings. The number of nitrogens with zero attached hydrogens (tertiary/aromatic N) is 3. The zero-order chi connectivity index (χ0) is 13.8. The van der Waals surface area contributed by atoms with Crippen LogP contribution in [-0.2, 0) is 0 Å². The second-order valence-electron chi connectivity index (χ2n) is 4.39. The maximum atomic E-state index is 5.13. The number of hydrogen-bond acceptors (Lipinski definition) is 3. The van der Waals surface area contributed by atoms with Crippen LogP contribution in [0.15, 0.2) is 41.6 Å². The maximum absolute atomic E-state index is 5.13. The van der Waals surface area contributed by atoms with Crippen molar-refractivity contribution in [2.45, 2.75) is 6.92 Å². The smallest absolute Gasteiger partial charge is 0.189 e. The number of nitrogens with one attached hydrogen (secondary N) is 1. The van der Waals surface area contributed by atoms with Crippen molar-refractivity contribution in [2.24, 2.45) is 5.10 Å². The Balaban J connectivity index is 2.34. The molecule has 5 heteroatoms. The molecule has 98 valence electrons. The molecular weight excluding hydrogens is 256 g/mol. The minimum Gasteiger partial charge on any atom is -0.354 e. The third-order valence-electron chi connectivity index (χ3n) is 2.74. The van der Waals surface area contributed by atoms with Crippen molar-refractivity contribution in [1.82, 2.24) is 15.3 Å². The number of benzene rings is 1. The van der Waals surface area contributed by atoms with Crippen LogP contribution in [0.5, 0.6) is 0 Å². The van der Waals surface area contributed by atoms with E-state index in [9.17, 15) is 0 Å². The molecule has 0 atom stereocenters. The van der Waals surface area contributed by atoms with Gasteiger partial charge in [0.15, 0.2) is 5.11 Å². The van der Waals surface area contributed by atoms with Gasteiger partial charge in [-0.1, -0.05) is 24.3 Å². The zero-order valence-electron chi connectivity index (χ0n) is 11.2. The van der Waals surface area contributed by atoms with E-state index in [4.69, 9.17) is 12.2 Å². The first-order chi connectivity index (χ1) is 9.09. The van der Waals surface area contributed by atoms with Crippen molar-refractivity contribution in [3.05, 3.63) is 42.2 Å². The second-order valence-corrected chi connectivity index (χ2v) is 4.78. The maximum Gasteiger partial charge on any atom is 0.189 e. The lowest BCUT2D eigenvalue weighted by atomic mass is 10.1. The number of aromatic nitrogens is 1. The van der Waals surface area contributed by atoms with Crippen molar-refractivity contribution in [1.29, 1.82) is 0 Å². The van der Waals surface area contributed by atoms with Crippen LogP contribution < -0.4 is 5.43 Å². The van der Waals surface area contributed by atoms with Crippen LogP contribution in [0.2, 0.25) is 0 Å². The van der Waals surface area contributed by atoms with E-state index < -0.39 is 0 Å². The predicted octanol–water partition coefficient (Wildman–Crippen LogP) is 2.39. The SMILES string of the molecule is C/C(=N\NC(=S)N(C)C)c1nccc2ccccc12. The molecule has 0 saturated heterocycles. The minimum absolute atomic E-state index is 0.569. The number of rotatable bonds is 2. The number of hydrazone groups is 1. The quantitative estimate of drug-likeness (QED) is 0.518. The Morgan fingerprint density at radius 3 is 2.74 bits per heavy atom. The largest absolute Gasteiger partial charge is 0.354 e. The Kier molecular flexibility index (Phi) is 4.06. The summed E-state index contributed by atoms with van der Waals surface area (Å²) in [6, 6.07) is 10.1. The lowest BCUT2D eigenvalue weighted by Gasteiger charge is -2.12. The van der Waals surface area contributed by atoms with Gasteiger partial charge in [-0.15, -0.1) is 0 Å². The topological polar surface area (TPSA) is 40.5 Å². The first-order valence-electron chi connectivity index (χ1n) is 5.95. The lowest BCUT2D eigenvalue weighted by Crippen LogP contribution is -2.31. The molecule has 0 saturated carbocycles. The third-order valence-corrected chi connectivity index (χ3v) is 3.20. The number of fused-ring (bicyclic) bond motifs is 1. The summed E-state index contributed by atoms with van der Waals surface area (Å²) in [7, 11) is 3.74. The van der Waals surface area contributed by atoms with E-state index in [0.29, 0.717) is 5.11 Å². The van der Waals surface area contributed by atoms with Crippen molar-refractivity contribution in [2.75, 3.05) is 14.1 Å². The monoisotopic (exact) mass is 272 g/mol. The Bertz CT molecular complexity index is 629. The molecule has 2 aromatic rings. The molecule has 0 bridgehead atoms. The average Bonchev–Trinajstić information content (AvgIpc) is 2.43. The van der Waals surface area contributed by atoms with Gasteiger partial charge < -0.3 is 4.90 Å². The number of hydrogen-bond donors (Lipinski definition) is 1. The fourth-order valence-electron chi connectivity index (χ4n) is 1.69. The minimum atomic E-state index is 0.569. The molecule has 0 spiro atoms. The van der Waals surface area contributed by atoms with Crippen LogP contribution in [0, 0.1) is 0 Å². The van der Waals surface area contributed by atoms with Gasteiger partial charge in [-0.05, 0) is 30.6 Å². The van der Waals surface area contributed by atoms with Gasteiger partial charge >= 0.3 is 0 Å². The molecule has 0 aliphatic heterocycles. The molecule has 0 unspecified atom stereocenters. The molecular formula is C14H16N4S. The molecule has 2 rings (SSSR count). The van der Waals surface area contributed by atoms with E-state index in [0.717, 1.165) is 22.2 Å².